The molecule has 0 amide bonds. The predicted molar refractivity (Wildman–Crippen MR) is 89.0 cm³/mol. The Bertz CT molecular complexity index is 697. The third-order valence-corrected chi connectivity index (χ3v) is 3.78. The summed E-state index contributed by atoms with van der Waals surface area (Å²) in [6, 6.07) is 15.5. The summed E-state index contributed by atoms with van der Waals surface area (Å²) >= 11 is 12.1. The summed E-state index contributed by atoms with van der Waals surface area (Å²) in [5.41, 5.74) is 7.56. The van der Waals surface area contributed by atoms with Gasteiger partial charge < -0.3 is 5.32 Å². The van der Waals surface area contributed by atoms with Crippen LogP contribution >= 0.6 is 23.2 Å². The maximum absolute atomic E-state index is 6.10. The zero-order valence-corrected chi connectivity index (χ0v) is 13.0. The second kappa shape index (κ2) is 5.88. The van der Waals surface area contributed by atoms with Gasteiger partial charge in [0.05, 0.1) is 11.4 Å². The van der Waals surface area contributed by atoms with E-state index >= 15 is 0 Å². The molecule has 0 radical (unpaired) electrons. The molecule has 0 atom stereocenters. The summed E-state index contributed by atoms with van der Waals surface area (Å²) < 4.78 is 0. The Hall–Kier alpha value is -1.84. The number of anilines is 1. The topological polar surface area (TPSA) is 27.3 Å². The molecular weight excluding hydrogens is 305 g/mol. The van der Waals surface area contributed by atoms with E-state index in [1.807, 2.05) is 53.5 Å². The number of hydrazine groups is 1. The highest BCUT2D eigenvalue weighted by Gasteiger charge is 2.21. The molecule has 1 aliphatic rings. The van der Waals surface area contributed by atoms with Crippen LogP contribution in [0.1, 0.15) is 12.5 Å². The van der Waals surface area contributed by atoms with Gasteiger partial charge in [-0.1, -0.05) is 41.4 Å². The number of nitrogens with zero attached hydrogens (tertiary/aromatic N) is 1. The van der Waals surface area contributed by atoms with Gasteiger partial charge in [0.15, 0.2) is 0 Å². The van der Waals surface area contributed by atoms with E-state index in [1.54, 1.807) is 0 Å². The normalized spacial score (nSPS) is 14.3. The highest BCUT2D eigenvalue weighted by molar-refractivity contribution is 6.31. The molecule has 2 N–H and O–H groups in total. The lowest BCUT2D eigenvalue weighted by atomic mass is 10.1. The van der Waals surface area contributed by atoms with Gasteiger partial charge in [0.25, 0.3) is 0 Å². The minimum atomic E-state index is 0.681. The van der Waals surface area contributed by atoms with Gasteiger partial charge in [-0.2, -0.15) is 0 Å². The molecular formula is C16H15Cl2N3. The number of nitrogens with one attached hydrogen (secondary N) is 2. The van der Waals surface area contributed by atoms with E-state index < -0.39 is 0 Å². The Morgan fingerprint density at radius 2 is 1.76 bits per heavy atom. The first-order chi connectivity index (χ1) is 10.1. The molecule has 3 rings (SSSR count). The predicted octanol–water partition coefficient (Wildman–Crippen LogP) is 4.57. The number of halogens is 2. The third-order valence-electron chi connectivity index (χ3n) is 3.31. The minimum absolute atomic E-state index is 0.681. The smallest absolute Gasteiger partial charge is 0.108 e. The molecule has 3 nitrogen and oxygen atoms in total. The van der Waals surface area contributed by atoms with Crippen LogP contribution in [0, 0.1) is 0 Å². The van der Waals surface area contributed by atoms with Crippen LogP contribution < -0.4 is 10.7 Å². The largest absolute Gasteiger partial charge is 0.368 e. The molecule has 5 heteroatoms. The van der Waals surface area contributed by atoms with Crippen molar-refractivity contribution in [3.05, 3.63) is 69.8 Å². The van der Waals surface area contributed by atoms with Crippen molar-refractivity contribution in [3.8, 4) is 0 Å². The summed E-state index contributed by atoms with van der Waals surface area (Å²) in [4.78, 5) is 0. The average Bonchev–Trinajstić information content (AvgIpc) is 2.80. The molecule has 0 bridgehead atoms. The monoisotopic (exact) mass is 319 g/mol. The van der Waals surface area contributed by atoms with E-state index in [-0.39, 0.29) is 0 Å². The standard InChI is InChI=1S/C16H15Cl2N3/c1-11-16(12-4-2-5-13(17)8-12)21(10-19-11)20-15-7-3-6-14(18)9-15/h2-9,19-20H,10H2,1H3. The van der Waals surface area contributed by atoms with Crippen LogP contribution in [0.15, 0.2) is 54.2 Å². The van der Waals surface area contributed by atoms with Crippen molar-refractivity contribution in [3.63, 3.8) is 0 Å². The molecule has 2 aromatic rings. The van der Waals surface area contributed by atoms with Crippen molar-refractivity contribution >= 4 is 34.6 Å². The van der Waals surface area contributed by atoms with Gasteiger partial charge >= 0.3 is 0 Å². The number of hydrogen-bond donors (Lipinski definition) is 2. The molecule has 2 aromatic carbocycles. The Balaban J connectivity index is 1.89. The van der Waals surface area contributed by atoms with Crippen LogP contribution in [0.5, 0.6) is 0 Å². The second-order valence-corrected chi connectivity index (χ2v) is 5.74. The first-order valence-corrected chi connectivity index (χ1v) is 7.39. The summed E-state index contributed by atoms with van der Waals surface area (Å²) in [5, 5.41) is 6.82. The molecule has 0 saturated heterocycles. The zero-order chi connectivity index (χ0) is 14.8. The molecule has 1 heterocycles. The zero-order valence-electron chi connectivity index (χ0n) is 11.5. The molecule has 0 spiro atoms. The van der Waals surface area contributed by atoms with E-state index in [2.05, 4.69) is 17.7 Å². The van der Waals surface area contributed by atoms with Crippen LogP contribution in [-0.4, -0.2) is 11.7 Å². The summed E-state index contributed by atoms with van der Waals surface area (Å²) in [6.07, 6.45) is 0. The van der Waals surface area contributed by atoms with Crippen molar-refractivity contribution in [1.29, 1.82) is 0 Å². The summed E-state index contributed by atoms with van der Waals surface area (Å²) in [7, 11) is 0. The fourth-order valence-corrected chi connectivity index (χ4v) is 2.76. The van der Waals surface area contributed by atoms with Crippen LogP contribution in [0.4, 0.5) is 5.69 Å². The van der Waals surface area contributed by atoms with Crippen molar-refractivity contribution in [2.75, 3.05) is 12.1 Å². The van der Waals surface area contributed by atoms with Gasteiger partial charge in [-0.25, -0.2) is 0 Å². The molecule has 0 aromatic heterocycles. The maximum Gasteiger partial charge on any atom is 0.108 e. The van der Waals surface area contributed by atoms with Gasteiger partial charge in [0.1, 0.15) is 6.67 Å². The van der Waals surface area contributed by atoms with Crippen molar-refractivity contribution in [1.82, 2.24) is 10.3 Å². The van der Waals surface area contributed by atoms with Crippen LogP contribution in [0.2, 0.25) is 10.0 Å². The highest BCUT2D eigenvalue weighted by Crippen LogP contribution is 2.28. The fourth-order valence-electron chi connectivity index (χ4n) is 2.38. The molecule has 0 saturated carbocycles. The Morgan fingerprint density at radius 1 is 1.05 bits per heavy atom. The van der Waals surface area contributed by atoms with E-state index in [0.717, 1.165) is 27.7 Å². The van der Waals surface area contributed by atoms with E-state index in [4.69, 9.17) is 23.2 Å². The molecule has 108 valence electrons. The molecule has 21 heavy (non-hydrogen) atoms. The fraction of sp³-hybridized carbons (Fsp3) is 0.125. The van der Waals surface area contributed by atoms with Crippen LogP contribution in [-0.2, 0) is 0 Å². The van der Waals surface area contributed by atoms with Gasteiger partial charge in [-0.15, -0.1) is 0 Å². The summed E-state index contributed by atoms with van der Waals surface area (Å²) in [5.74, 6) is 0. The average molecular weight is 320 g/mol. The quantitative estimate of drug-likeness (QED) is 0.867. The Morgan fingerprint density at radius 3 is 2.48 bits per heavy atom. The Labute approximate surface area is 134 Å². The highest BCUT2D eigenvalue weighted by atomic mass is 35.5. The molecule has 0 aliphatic carbocycles. The van der Waals surface area contributed by atoms with Gasteiger partial charge in [0, 0.05) is 21.3 Å². The third kappa shape index (κ3) is 3.09. The van der Waals surface area contributed by atoms with E-state index in [1.165, 1.54) is 0 Å². The van der Waals surface area contributed by atoms with Crippen LogP contribution in [0.3, 0.4) is 0 Å². The van der Waals surface area contributed by atoms with E-state index in [0.29, 0.717) is 11.7 Å². The number of rotatable bonds is 3. The lowest BCUT2D eigenvalue weighted by Crippen LogP contribution is -2.29. The molecule has 1 aliphatic heterocycles. The SMILES string of the molecule is CC1=C(c2cccc(Cl)c2)N(Nc2cccc(Cl)c2)CN1. The first kappa shape index (κ1) is 14.1. The molecule has 0 unspecified atom stereocenters. The van der Waals surface area contributed by atoms with Crippen molar-refractivity contribution in [2.45, 2.75) is 6.92 Å². The lowest BCUT2D eigenvalue weighted by Gasteiger charge is -2.23. The van der Waals surface area contributed by atoms with E-state index in [9.17, 15) is 0 Å². The Kier molecular flexibility index (Phi) is 3.95. The van der Waals surface area contributed by atoms with Gasteiger partial charge in [-0.3, -0.25) is 10.4 Å². The van der Waals surface area contributed by atoms with Crippen molar-refractivity contribution < 1.29 is 0 Å². The van der Waals surface area contributed by atoms with Crippen LogP contribution in [0.25, 0.3) is 5.70 Å². The minimum Gasteiger partial charge on any atom is -0.368 e. The first-order valence-electron chi connectivity index (χ1n) is 6.64. The van der Waals surface area contributed by atoms with Gasteiger partial charge in [-0.05, 0) is 37.3 Å². The molecule has 0 fully saturated rings. The second-order valence-electron chi connectivity index (χ2n) is 4.87. The van der Waals surface area contributed by atoms with Gasteiger partial charge in [0.2, 0.25) is 0 Å². The maximum atomic E-state index is 6.10. The lowest BCUT2D eigenvalue weighted by molar-refractivity contribution is 0.483. The number of benzene rings is 2. The summed E-state index contributed by atoms with van der Waals surface area (Å²) in [6.45, 7) is 2.73. The number of hydrogen-bond acceptors (Lipinski definition) is 3. The van der Waals surface area contributed by atoms with Crippen molar-refractivity contribution in [2.24, 2.45) is 0 Å². The number of allylic oxidation sites excluding steroid dienone is 1.